The van der Waals surface area contributed by atoms with Gasteiger partial charge in [-0.1, -0.05) is 12.1 Å². The van der Waals surface area contributed by atoms with Gasteiger partial charge in [-0.05, 0) is 67.9 Å². The molecule has 2 rings (SSSR count). The first-order valence-corrected chi connectivity index (χ1v) is 7.54. The Morgan fingerprint density at radius 1 is 1.32 bits per heavy atom. The minimum Gasteiger partial charge on any atom is -0.313 e. The van der Waals surface area contributed by atoms with Crippen molar-refractivity contribution < 1.29 is 4.39 Å². The Morgan fingerprint density at radius 3 is 2.79 bits per heavy atom. The fourth-order valence-corrected chi connectivity index (χ4v) is 3.13. The Balaban J connectivity index is 1.95. The number of aryl methyl sites for hydroxylation is 2. The van der Waals surface area contributed by atoms with Gasteiger partial charge in [0.05, 0.1) is 0 Å². The highest BCUT2D eigenvalue weighted by atomic mass is 32.1. The zero-order valence-electron chi connectivity index (χ0n) is 11.4. The van der Waals surface area contributed by atoms with Crippen LogP contribution in [0.15, 0.2) is 35.7 Å². The molecule has 1 unspecified atom stereocenters. The predicted octanol–water partition coefficient (Wildman–Crippen LogP) is 4.48. The van der Waals surface area contributed by atoms with Crippen LogP contribution < -0.4 is 5.32 Å². The van der Waals surface area contributed by atoms with Crippen molar-refractivity contribution in [2.24, 2.45) is 0 Å². The van der Waals surface area contributed by atoms with Gasteiger partial charge >= 0.3 is 0 Å². The number of nitrogens with one attached hydrogen (secondary N) is 1. The first-order valence-electron chi connectivity index (χ1n) is 6.66. The van der Waals surface area contributed by atoms with Crippen molar-refractivity contribution in [1.29, 1.82) is 0 Å². The lowest BCUT2D eigenvalue weighted by Crippen LogP contribution is -2.16. The van der Waals surface area contributed by atoms with Crippen LogP contribution in [0.3, 0.4) is 0 Å². The Morgan fingerprint density at radius 2 is 2.16 bits per heavy atom. The van der Waals surface area contributed by atoms with E-state index < -0.39 is 0 Å². The summed E-state index contributed by atoms with van der Waals surface area (Å²) in [4.78, 5) is 1.42. The molecule has 0 radical (unpaired) electrons. The van der Waals surface area contributed by atoms with Gasteiger partial charge in [0.2, 0.25) is 0 Å². The largest absolute Gasteiger partial charge is 0.313 e. The summed E-state index contributed by atoms with van der Waals surface area (Å²) in [6.45, 7) is 1.94. The van der Waals surface area contributed by atoms with E-state index in [1.54, 1.807) is 23.5 Å². The van der Waals surface area contributed by atoms with Crippen molar-refractivity contribution in [3.63, 3.8) is 0 Å². The lowest BCUT2D eigenvalue weighted by Gasteiger charge is -2.17. The maximum Gasteiger partial charge on any atom is 0.123 e. The minimum absolute atomic E-state index is 0.145. The maximum atomic E-state index is 13.4. The Labute approximate surface area is 118 Å². The Bertz CT molecular complexity index is 487. The van der Waals surface area contributed by atoms with Crippen LogP contribution >= 0.6 is 11.3 Å². The average molecular weight is 277 g/mol. The zero-order chi connectivity index (χ0) is 13.7. The summed E-state index contributed by atoms with van der Waals surface area (Å²) in [6, 6.07) is 9.77. The second-order valence-corrected chi connectivity index (χ2v) is 5.91. The Hall–Kier alpha value is -1.19. The van der Waals surface area contributed by atoms with Gasteiger partial charge in [0.15, 0.2) is 0 Å². The SMILES string of the molecule is CNC(CCCc1cccs1)c1cc(C)cc(F)c1. The fourth-order valence-electron chi connectivity index (χ4n) is 2.38. The van der Waals surface area contributed by atoms with Gasteiger partial charge in [-0.25, -0.2) is 4.39 Å². The lowest BCUT2D eigenvalue weighted by atomic mass is 9.99. The monoisotopic (exact) mass is 277 g/mol. The molecule has 0 saturated carbocycles. The molecule has 1 heterocycles. The molecule has 0 aliphatic heterocycles. The van der Waals surface area contributed by atoms with E-state index in [0.29, 0.717) is 0 Å². The van der Waals surface area contributed by atoms with Gasteiger partial charge in [-0.15, -0.1) is 11.3 Å². The summed E-state index contributed by atoms with van der Waals surface area (Å²) < 4.78 is 13.4. The van der Waals surface area contributed by atoms with Crippen LogP contribution in [0.2, 0.25) is 0 Å². The third-order valence-corrected chi connectivity index (χ3v) is 4.25. The maximum absolute atomic E-state index is 13.4. The van der Waals surface area contributed by atoms with Crippen LogP contribution in [-0.2, 0) is 6.42 Å². The van der Waals surface area contributed by atoms with Gasteiger partial charge in [0.1, 0.15) is 5.82 Å². The molecule has 19 heavy (non-hydrogen) atoms. The zero-order valence-corrected chi connectivity index (χ0v) is 12.3. The summed E-state index contributed by atoms with van der Waals surface area (Å²) in [5.41, 5.74) is 2.03. The second kappa shape index (κ2) is 6.83. The molecule has 3 heteroatoms. The third-order valence-electron chi connectivity index (χ3n) is 3.31. The summed E-state index contributed by atoms with van der Waals surface area (Å²) in [5, 5.41) is 5.40. The molecule has 1 aromatic carbocycles. The van der Waals surface area contributed by atoms with Crippen LogP contribution in [0.25, 0.3) is 0 Å². The second-order valence-electron chi connectivity index (χ2n) is 4.87. The van der Waals surface area contributed by atoms with E-state index in [4.69, 9.17) is 0 Å². The van der Waals surface area contributed by atoms with Crippen LogP contribution in [0.1, 0.15) is 34.9 Å². The molecule has 0 spiro atoms. The standard InChI is InChI=1S/C16H20FNS/c1-12-9-13(11-14(17)10-12)16(18-2)7-3-5-15-6-4-8-19-15/h4,6,8-11,16,18H,3,5,7H2,1-2H3. The summed E-state index contributed by atoms with van der Waals surface area (Å²) >= 11 is 1.80. The van der Waals surface area contributed by atoms with E-state index in [-0.39, 0.29) is 11.9 Å². The van der Waals surface area contributed by atoms with Gasteiger partial charge in [0.25, 0.3) is 0 Å². The third kappa shape index (κ3) is 4.15. The van der Waals surface area contributed by atoms with Crippen molar-refractivity contribution in [3.8, 4) is 0 Å². The van der Waals surface area contributed by atoms with Gasteiger partial charge in [-0.2, -0.15) is 0 Å². The topological polar surface area (TPSA) is 12.0 Å². The molecule has 0 saturated heterocycles. The lowest BCUT2D eigenvalue weighted by molar-refractivity contribution is 0.522. The minimum atomic E-state index is -0.145. The summed E-state index contributed by atoms with van der Waals surface area (Å²) in [7, 11) is 1.94. The molecule has 2 aromatic rings. The van der Waals surface area contributed by atoms with E-state index in [0.717, 1.165) is 30.4 Å². The number of hydrogen-bond acceptors (Lipinski definition) is 2. The molecule has 0 aliphatic carbocycles. The van der Waals surface area contributed by atoms with E-state index in [1.165, 1.54) is 4.88 Å². The predicted molar refractivity (Wildman–Crippen MR) is 80.2 cm³/mol. The molecule has 0 bridgehead atoms. The molecular weight excluding hydrogens is 257 g/mol. The summed E-state index contributed by atoms with van der Waals surface area (Å²) in [6.07, 6.45) is 3.24. The first-order chi connectivity index (χ1) is 9.19. The molecule has 1 aromatic heterocycles. The number of benzene rings is 1. The van der Waals surface area contributed by atoms with E-state index in [2.05, 4.69) is 28.9 Å². The number of thiophene rings is 1. The summed E-state index contributed by atoms with van der Waals surface area (Å²) in [5.74, 6) is -0.145. The highest BCUT2D eigenvalue weighted by molar-refractivity contribution is 7.09. The molecule has 1 nitrogen and oxygen atoms in total. The molecular formula is C16H20FNS. The smallest absolute Gasteiger partial charge is 0.123 e. The van der Waals surface area contributed by atoms with Crippen molar-refractivity contribution in [2.45, 2.75) is 32.2 Å². The van der Waals surface area contributed by atoms with Gasteiger partial charge < -0.3 is 5.32 Å². The van der Waals surface area contributed by atoms with Crippen molar-refractivity contribution in [1.82, 2.24) is 5.32 Å². The Kier molecular flexibility index (Phi) is 5.11. The fraction of sp³-hybridized carbons (Fsp3) is 0.375. The molecule has 1 N–H and O–H groups in total. The van der Waals surface area contributed by atoms with Crippen molar-refractivity contribution in [3.05, 3.63) is 57.5 Å². The molecule has 102 valence electrons. The van der Waals surface area contributed by atoms with Crippen molar-refractivity contribution >= 4 is 11.3 Å². The van der Waals surface area contributed by atoms with Crippen LogP contribution in [0.5, 0.6) is 0 Å². The molecule has 0 fully saturated rings. The van der Waals surface area contributed by atoms with E-state index in [9.17, 15) is 4.39 Å². The first kappa shape index (κ1) is 14.2. The van der Waals surface area contributed by atoms with E-state index >= 15 is 0 Å². The van der Waals surface area contributed by atoms with Gasteiger partial charge in [-0.3, -0.25) is 0 Å². The number of hydrogen-bond donors (Lipinski definition) is 1. The van der Waals surface area contributed by atoms with Crippen LogP contribution in [-0.4, -0.2) is 7.05 Å². The molecule has 0 aliphatic rings. The highest BCUT2D eigenvalue weighted by Crippen LogP contribution is 2.22. The number of rotatable bonds is 6. The quantitative estimate of drug-likeness (QED) is 0.821. The highest BCUT2D eigenvalue weighted by Gasteiger charge is 2.10. The van der Waals surface area contributed by atoms with Crippen LogP contribution in [0.4, 0.5) is 4.39 Å². The number of halogens is 1. The average Bonchev–Trinajstić information content (AvgIpc) is 2.86. The molecule has 1 atom stereocenters. The van der Waals surface area contributed by atoms with E-state index in [1.807, 2.05) is 14.0 Å². The molecule has 0 amide bonds. The van der Waals surface area contributed by atoms with Crippen LogP contribution in [0, 0.1) is 12.7 Å². The van der Waals surface area contributed by atoms with Crippen molar-refractivity contribution in [2.75, 3.05) is 7.05 Å². The van der Waals surface area contributed by atoms with Gasteiger partial charge in [0, 0.05) is 10.9 Å². The normalized spacial score (nSPS) is 12.6.